The van der Waals surface area contributed by atoms with Gasteiger partial charge in [-0.25, -0.2) is 4.79 Å². The Hall–Kier alpha value is -2.49. The Morgan fingerprint density at radius 3 is 2.58 bits per heavy atom. The molecular weight excluding hydrogens is 242 g/mol. The highest BCUT2D eigenvalue weighted by Gasteiger charge is 2.14. The summed E-state index contributed by atoms with van der Waals surface area (Å²) >= 11 is 0. The number of hydrogen-bond acceptors (Lipinski definition) is 4. The highest BCUT2D eigenvalue weighted by atomic mass is 16.5. The number of carbonyl (C=O) groups is 1. The summed E-state index contributed by atoms with van der Waals surface area (Å²) < 4.78 is 10.4. The molecule has 0 saturated heterocycles. The summed E-state index contributed by atoms with van der Waals surface area (Å²) in [6.45, 7) is 0.220. The number of rotatable bonds is 4. The zero-order valence-corrected chi connectivity index (χ0v) is 10.6. The Labute approximate surface area is 111 Å². The molecule has 0 aliphatic heterocycles. The maximum Gasteiger partial charge on any atom is 0.342 e. The van der Waals surface area contributed by atoms with Crippen LogP contribution in [0.1, 0.15) is 15.9 Å². The summed E-state index contributed by atoms with van der Waals surface area (Å²) in [5.41, 5.74) is 7.42. The highest BCUT2D eigenvalue weighted by Crippen LogP contribution is 2.22. The summed E-state index contributed by atoms with van der Waals surface area (Å²) in [4.78, 5) is 12.0. The molecule has 2 aromatic rings. The fourth-order valence-electron chi connectivity index (χ4n) is 1.69. The first-order chi connectivity index (χ1) is 9.20. The maximum absolute atomic E-state index is 12.0. The number of hydrogen-bond donors (Lipinski definition) is 1. The van der Waals surface area contributed by atoms with E-state index in [2.05, 4.69) is 0 Å². The zero-order chi connectivity index (χ0) is 13.7. The Morgan fingerprint density at radius 2 is 1.89 bits per heavy atom. The number of methoxy groups -OCH3 is 1. The Balaban J connectivity index is 2.10. The van der Waals surface area contributed by atoms with E-state index < -0.39 is 5.97 Å². The minimum absolute atomic E-state index is 0.220. The van der Waals surface area contributed by atoms with E-state index in [0.717, 1.165) is 5.56 Å². The largest absolute Gasteiger partial charge is 0.496 e. The number of anilines is 1. The number of esters is 1. The van der Waals surface area contributed by atoms with Gasteiger partial charge in [-0.2, -0.15) is 0 Å². The molecule has 4 nitrogen and oxygen atoms in total. The lowest BCUT2D eigenvalue weighted by Gasteiger charge is -2.09. The first-order valence-corrected chi connectivity index (χ1v) is 5.85. The summed E-state index contributed by atoms with van der Waals surface area (Å²) in [5.74, 6) is 0.000245. The summed E-state index contributed by atoms with van der Waals surface area (Å²) in [5, 5.41) is 0. The van der Waals surface area contributed by atoms with Gasteiger partial charge in [0.25, 0.3) is 0 Å². The number of nitrogen functional groups attached to an aromatic ring is 1. The molecular formula is C15H15NO3. The third-order valence-electron chi connectivity index (χ3n) is 2.66. The topological polar surface area (TPSA) is 61.5 Å². The van der Waals surface area contributed by atoms with Gasteiger partial charge in [0, 0.05) is 5.69 Å². The van der Waals surface area contributed by atoms with E-state index in [9.17, 15) is 4.79 Å². The molecule has 19 heavy (non-hydrogen) atoms. The number of ether oxygens (including phenoxy) is 2. The molecule has 2 N–H and O–H groups in total. The second-order valence-corrected chi connectivity index (χ2v) is 4.02. The van der Waals surface area contributed by atoms with Crippen molar-refractivity contribution in [3.05, 3.63) is 59.7 Å². The highest BCUT2D eigenvalue weighted by molar-refractivity contribution is 5.93. The van der Waals surface area contributed by atoms with Gasteiger partial charge in [0.2, 0.25) is 0 Å². The van der Waals surface area contributed by atoms with Crippen LogP contribution in [-0.4, -0.2) is 13.1 Å². The molecule has 0 unspecified atom stereocenters. The maximum atomic E-state index is 12.0. The van der Waals surface area contributed by atoms with E-state index in [-0.39, 0.29) is 6.61 Å². The van der Waals surface area contributed by atoms with E-state index in [1.54, 1.807) is 18.2 Å². The molecule has 0 aliphatic rings. The fourth-order valence-corrected chi connectivity index (χ4v) is 1.69. The predicted octanol–water partition coefficient (Wildman–Crippen LogP) is 2.63. The van der Waals surface area contributed by atoms with Crippen molar-refractivity contribution < 1.29 is 14.3 Å². The van der Waals surface area contributed by atoms with Crippen LogP contribution < -0.4 is 10.5 Å². The third kappa shape index (κ3) is 3.25. The molecule has 0 fully saturated rings. The standard InChI is InChI=1S/C15H15NO3/c1-18-14-8-7-12(16)9-13(14)15(17)19-10-11-5-3-2-4-6-11/h2-9H,10,16H2,1H3. The van der Waals surface area contributed by atoms with Crippen LogP contribution in [0.15, 0.2) is 48.5 Å². The van der Waals surface area contributed by atoms with Gasteiger partial charge in [-0.3, -0.25) is 0 Å². The van der Waals surface area contributed by atoms with Crippen LogP contribution >= 0.6 is 0 Å². The molecule has 0 amide bonds. The minimum Gasteiger partial charge on any atom is -0.496 e. The first-order valence-electron chi connectivity index (χ1n) is 5.85. The monoisotopic (exact) mass is 257 g/mol. The lowest BCUT2D eigenvalue weighted by Crippen LogP contribution is -2.07. The van der Waals surface area contributed by atoms with Crippen molar-refractivity contribution in [2.75, 3.05) is 12.8 Å². The molecule has 2 rings (SSSR count). The van der Waals surface area contributed by atoms with E-state index in [1.807, 2.05) is 30.3 Å². The van der Waals surface area contributed by atoms with Gasteiger partial charge >= 0.3 is 5.97 Å². The molecule has 0 heterocycles. The molecule has 0 aliphatic carbocycles. The average Bonchev–Trinajstić information content (AvgIpc) is 2.46. The summed E-state index contributed by atoms with van der Waals surface area (Å²) in [6, 6.07) is 14.3. The predicted molar refractivity (Wildman–Crippen MR) is 73.0 cm³/mol. The molecule has 2 aromatic carbocycles. The smallest absolute Gasteiger partial charge is 0.342 e. The van der Waals surface area contributed by atoms with Crippen LogP contribution in [-0.2, 0) is 11.3 Å². The van der Waals surface area contributed by atoms with Crippen molar-refractivity contribution in [1.29, 1.82) is 0 Å². The van der Waals surface area contributed by atoms with E-state index >= 15 is 0 Å². The number of nitrogens with two attached hydrogens (primary N) is 1. The summed E-state index contributed by atoms with van der Waals surface area (Å²) in [7, 11) is 1.50. The molecule has 4 heteroatoms. The zero-order valence-electron chi connectivity index (χ0n) is 10.6. The van der Waals surface area contributed by atoms with Gasteiger partial charge in [0.15, 0.2) is 0 Å². The van der Waals surface area contributed by atoms with Gasteiger partial charge in [0.1, 0.15) is 17.9 Å². The second-order valence-electron chi connectivity index (χ2n) is 4.02. The second kappa shape index (κ2) is 5.91. The van der Waals surface area contributed by atoms with Crippen LogP contribution in [0.2, 0.25) is 0 Å². The fraction of sp³-hybridized carbons (Fsp3) is 0.133. The number of benzene rings is 2. The molecule has 0 spiro atoms. The van der Waals surface area contributed by atoms with Crippen molar-refractivity contribution in [1.82, 2.24) is 0 Å². The van der Waals surface area contributed by atoms with Crippen molar-refractivity contribution in [2.24, 2.45) is 0 Å². The van der Waals surface area contributed by atoms with Crippen molar-refractivity contribution >= 4 is 11.7 Å². The van der Waals surface area contributed by atoms with Gasteiger partial charge < -0.3 is 15.2 Å². The van der Waals surface area contributed by atoms with Crippen LogP contribution in [0, 0.1) is 0 Å². The van der Waals surface area contributed by atoms with Crippen LogP contribution in [0.4, 0.5) is 5.69 Å². The minimum atomic E-state index is -0.451. The van der Waals surface area contributed by atoms with Crippen LogP contribution in [0.3, 0.4) is 0 Å². The molecule has 0 saturated carbocycles. The van der Waals surface area contributed by atoms with Gasteiger partial charge in [-0.1, -0.05) is 30.3 Å². The van der Waals surface area contributed by atoms with Crippen molar-refractivity contribution in [3.63, 3.8) is 0 Å². The van der Waals surface area contributed by atoms with Gasteiger partial charge in [-0.05, 0) is 23.8 Å². The Bertz CT molecular complexity index is 567. The van der Waals surface area contributed by atoms with E-state index in [0.29, 0.717) is 17.0 Å². The van der Waals surface area contributed by atoms with Crippen LogP contribution in [0.25, 0.3) is 0 Å². The lowest BCUT2D eigenvalue weighted by atomic mass is 10.2. The molecule has 0 bridgehead atoms. The lowest BCUT2D eigenvalue weighted by molar-refractivity contribution is 0.0469. The quantitative estimate of drug-likeness (QED) is 0.675. The van der Waals surface area contributed by atoms with Crippen molar-refractivity contribution in [2.45, 2.75) is 6.61 Å². The first kappa shape index (κ1) is 13.0. The van der Waals surface area contributed by atoms with Gasteiger partial charge in [-0.15, -0.1) is 0 Å². The van der Waals surface area contributed by atoms with E-state index in [4.69, 9.17) is 15.2 Å². The average molecular weight is 257 g/mol. The normalized spacial score (nSPS) is 9.95. The van der Waals surface area contributed by atoms with Crippen molar-refractivity contribution in [3.8, 4) is 5.75 Å². The molecule has 98 valence electrons. The molecule has 0 radical (unpaired) electrons. The summed E-state index contributed by atoms with van der Waals surface area (Å²) in [6.07, 6.45) is 0. The molecule has 0 aromatic heterocycles. The van der Waals surface area contributed by atoms with E-state index in [1.165, 1.54) is 7.11 Å². The van der Waals surface area contributed by atoms with Crippen LogP contribution in [0.5, 0.6) is 5.75 Å². The number of carbonyl (C=O) groups excluding carboxylic acids is 1. The third-order valence-corrected chi connectivity index (χ3v) is 2.66. The van der Waals surface area contributed by atoms with Gasteiger partial charge in [0.05, 0.1) is 7.11 Å². The SMILES string of the molecule is COc1ccc(N)cc1C(=O)OCc1ccccc1. The Morgan fingerprint density at radius 1 is 1.16 bits per heavy atom. The Kier molecular flexibility index (Phi) is 4.03. The molecule has 0 atom stereocenters.